The first-order chi connectivity index (χ1) is 10.2. The summed E-state index contributed by atoms with van der Waals surface area (Å²) in [6.07, 6.45) is 5.60. The number of nitrogens with one attached hydrogen (secondary N) is 2. The van der Waals surface area contributed by atoms with Crippen molar-refractivity contribution in [1.82, 2.24) is 5.32 Å². The minimum atomic E-state index is -0.342. The third-order valence-electron chi connectivity index (χ3n) is 3.45. The fourth-order valence-electron chi connectivity index (χ4n) is 2.28. The molecule has 5 heteroatoms. The lowest BCUT2D eigenvalue weighted by molar-refractivity contribution is -0.117. The van der Waals surface area contributed by atoms with Crippen LogP contribution in [0.5, 0.6) is 0 Å². The van der Waals surface area contributed by atoms with Crippen molar-refractivity contribution in [3.05, 3.63) is 41.6 Å². The van der Waals surface area contributed by atoms with E-state index in [1.165, 1.54) is 6.20 Å². The van der Waals surface area contributed by atoms with Crippen molar-refractivity contribution >= 4 is 11.6 Å². The molecule has 1 amide bonds. The van der Waals surface area contributed by atoms with Gasteiger partial charge < -0.3 is 10.6 Å². The molecule has 21 heavy (non-hydrogen) atoms. The van der Waals surface area contributed by atoms with Gasteiger partial charge in [-0.1, -0.05) is 12.8 Å². The van der Waals surface area contributed by atoms with Crippen LogP contribution in [0.25, 0.3) is 0 Å². The highest BCUT2D eigenvalue weighted by Gasteiger charge is 2.19. The SMILES string of the molecule is N#C/C(=C/Nc1ccc(C#N)cc1)C(=O)NC1CCCC1. The Hall–Kier alpha value is -2.79. The number of nitriles is 2. The number of anilines is 1. The average Bonchev–Trinajstić information content (AvgIpc) is 3.01. The molecule has 0 radical (unpaired) electrons. The van der Waals surface area contributed by atoms with Crippen LogP contribution in [-0.4, -0.2) is 11.9 Å². The number of hydrogen-bond acceptors (Lipinski definition) is 4. The summed E-state index contributed by atoms with van der Waals surface area (Å²) in [4.78, 5) is 12.0. The first-order valence-electron chi connectivity index (χ1n) is 6.91. The highest BCUT2D eigenvalue weighted by atomic mass is 16.1. The van der Waals surface area contributed by atoms with Gasteiger partial charge >= 0.3 is 0 Å². The van der Waals surface area contributed by atoms with Crippen LogP contribution in [0.15, 0.2) is 36.0 Å². The molecule has 0 unspecified atom stereocenters. The van der Waals surface area contributed by atoms with Gasteiger partial charge in [0.2, 0.25) is 0 Å². The molecular weight excluding hydrogens is 264 g/mol. The summed E-state index contributed by atoms with van der Waals surface area (Å²) >= 11 is 0. The molecule has 0 atom stereocenters. The van der Waals surface area contributed by atoms with Gasteiger partial charge in [-0.05, 0) is 37.1 Å². The molecule has 1 aliphatic rings. The first kappa shape index (κ1) is 14.6. The average molecular weight is 280 g/mol. The third kappa shape index (κ3) is 4.09. The minimum Gasteiger partial charge on any atom is -0.360 e. The Bertz CT molecular complexity index is 613. The number of hydrogen-bond donors (Lipinski definition) is 2. The standard InChI is InChI=1S/C16H16N4O/c17-9-12-5-7-14(8-6-12)19-11-13(10-18)16(21)20-15-3-1-2-4-15/h5-8,11,15,19H,1-4H2,(H,20,21)/b13-11-. The second-order valence-electron chi connectivity index (χ2n) is 4.96. The zero-order valence-electron chi connectivity index (χ0n) is 11.6. The van der Waals surface area contributed by atoms with Crippen LogP contribution < -0.4 is 10.6 Å². The highest BCUT2D eigenvalue weighted by molar-refractivity contribution is 5.97. The van der Waals surface area contributed by atoms with Crippen molar-refractivity contribution in [3.63, 3.8) is 0 Å². The predicted octanol–water partition coefficient (Wildman–Crippen LogP) is 2.44. The monoisotopic (exact) mass is 280 g/mol. The first-order valence-corrected chi connectivity index (χ1v) is 6.91. The highest BCUT2D eigenvalue weighted by Crippen LogP contribution is 2.18. The maximum Gasteiger partial charge on any atom is 0.263 e. The molecule has 0 saturated heterocycles. The van der Waals surface area contributed by atoms with E-state index >= 15 is 0 Å². The second kappa shape index (κ2) is 7.12. The molecule has 5 nitrogen and oxygen atoms in total. The van der Waals surface area contributed by atoms with E-state index in [1.807, 2.05) is 12.1 Å². The molecule has 0 aliphatic heterocycles. The van der Waals surface area contributed by atoms with Crippen molar-refractivity contribution < 1.29 is 4.79 Å². The van der Waals surface area contributed by atoms with Crippen LogP contribution in [-0.2, 0) is 4.79 Å². The molecule has 1 saturated carbocycles. The lowest BCUT2D eigenvalue weighted by Gasteiger charge is -2.11. The van der Waals surface area contributed by atoms with Crippen LogP contribution in [0.3, 0.4) is 0 Å². The van der Waals surface area contributed by atoms with Crippen LogP contribution in [0.2, 0.25) is 0 Å². The number of amides is 1. The summed E-state index contributed by atoms with van der Waals surface area (Å²) in [5.41, 5.74) is 1.32. The summed E-state index contributed by atoms with van der Waals surface area (Å²) in [6, 6.07) is 10.9. The number of carbonyl (C=O) groups is 1. The third-order valence-corrected chi connectivity index (χ3v) is 3.45. The predicted molar refractivity (Wildman–Crippen MR) is 78.9 cm³/mol. The number of rotatable bonds is 4. The zero-order valence-corrected chi connectivity index (χ0v) is 11.6. The van der Waals surface area contributed by atoms with E-state index in [1.54, 1.807) is 24.3 Å². The normalized spacial score (nSPS) is 15.0. The minimum absolute atomic E-state index is 0.0475. The summed E-state index contributed by atoms with van der Waals surface area (Å²) in [7, 11) is 0. The summed E-state index contributed by atoms with van der Waals surface area (Å²) < 4.78 is 0. The lowest BCUT2D eigenvalue weighted by Crippen LogP contribution is -2.33. The Kier molecular flexibility index (Phi) is 4.95. The van der Waals surface area contributed by atoms with Crippen molar-refractivity contribution in [1.29, 1.82) is 10.5 Å². The molecule has 1 aromatic carbocycles. The molecule has 0 aromatic heterocycles. The van der Waals surface area contributed by atoms with E-state index in [2.05, 4.69) is 10.6 Å². The van der Waals surface area contributed by atoms with Crippen LogP contribution in [0.1, 0.15) is 31.2 Å². The smallest absolute Gasteiger partial charge is 0.263 e. The van der Waals surface area contributed by atoms with Crippen LogP contribution in [0, 0.1) is 22.7 Å². The second-order valence-corrected chi connectivity index (χ2v) is 4.96. The molecule has 106 valence electrons. The molecular formula is C16H16N4O. The maximum absolute atomic E-state index is 12.0. The molecule has 2 rings (SSSR count). The van der Waals surface area contributed by atoms with Crippen LogP contribution in [0.4, 0.5) is 5.69 Å². The van der Waals surface area contributed by atoms with Crippen molar-refractivity contribution in [2.75, 3.05) is 5.32 Å². The van der Waals surface area contributed by atoms with Gasteiger partial charge in [0.25, 0.3) is 5.91 Å². The van der Waals surface area contributed by atoms with Gasteiger partial charge in [-0.2, -0.15) is 10.5 Å². The van der Waals surface area contributed by atoms with E-state index in [-0.39, 0.29) is 17.5 Å². The lowest BCUT2D eigenvalue weighted by atomic mass is 10.2. The topological polar surface area (TPSA) is 88.7 Å². The molecule has 0 spiro atoms. The van der Waals surface area contributed by atoms with Gasteiger partial charge in [-0.25, -0.2) is 0 Å². The van der Waals surface area contributed by atoms with Gasteiger partial charge in [0.15, 0.2) is 0 Å². The quantitative estimate of drug-likeness (QED) is 0.655. The summed E-state index contributed by atoms with van der Waals surface area (Å²) in [6.45, 7) is 0. The Balaban J connectivity index is 1.97. The number of benzene rings is 1. The molecule has 0 bridgehead atoms. The largest absolute Gasteiger partial charge is 0.360 e. The Morgan fingerprint density at radius 2 is 1.86 bits per heavy atom. The number of nitrogens with zero attached hydrogens (tertiary/aromatic N) is 2. The van der Waals surface area contributed by atoms with E-state index in [0.29, 0.717) is 5.56 Å². The molecule has 0 heterocycles. The molecule has 1 aromatic rings. The van der Waals surface area contributed by atoms with Crippen LogP contribution >= 0.6 is 0 Å². The van der Waals surface area contributed by atoms with Crippen molar-refractivity contribution in [2.45, 2.75) is 31.7 Å². The zero-order chi connectivity index (χ0) is 15.1. The van der Waals surface area contributed by atoms with E-state index < -0.39 is 0 Å². The van der Waals surface area contributed by atoms with E-state index in [0.717, 1.165) is 31.4 Å². The Morgan fingerprint density at radius 1 is 1.19 bits per heavy atom. The summed E-state index contributed by atoms with van der Waals surface area (Å²) in [5, 5.41) is 23.6. The Labute approximate surface area is 123 Å². The summed E-state index contributed by atoms with van der Waals surface area (Å²) in [5.74, 6) is -0.342. The fourth-order valence-corrected chi connectivity index (χ4v) is 2.28. The van der Waals surface area contributed by atoms with Gasteiger partial charge in [0.1, 0.15) is 11.6 Å². The van der Waals surface area contributed by atoms with Gasteiger partial charge in [-0.3, -0.25) is 4.79 Å². The molecule has 2 N–H and O–H groups in total. The number of carbonyl (C=O) groups excluding carboxylic acids is 1. The van der Waals surface area contributed by atoms with E-state index in [9.17, 15) is 4.79 Å². The molecule has 1 aliphatic carbocycles. The van der Waals surface area contributed by atoms with Gasteiger partial charge in [-0.15, -0.1) is 0 Å². The Morgan fingerprint density at radius 3 is 2.43 bits per heavy atom. The van der Waals surface area contributed by atoms with Crippen molar-refractivity contribution in [2.24, 2.45) is 0 Å². The van der Waals surface area contributed by atoms with Gasteiger partial charge in [0.05, 0.1) is 11.6 Å². The molecule has 1 fully saturated rings. The van der Waals surface area contributed by atoms with E-state index in [4.69, 9.17) is 10.5 Å². The van der Waals surface area contributed by atoms with Gasteiger partial charge in [0, 0.05) is 17.9 Å². The fraction of sp³-hybridized carbons (Fsp3) is 0.312. The van der Waals surface area contributed by atoms with Crippen molar-refractivity contribution in [3.8, 4) is 12.1 Å². The maximum atomic E-state index is 12.0.